The number of phenols is 1. The highest BCUT2D eigenvalue weighted by molar-refractivity contribution is 5.86. The Labute approximate surface area is 104 Å². The number of aromatic hydroxyl groups is 1. The van der Waals surface area contributed by atoms with Crippen molar-refractivity contribution in [1.82, 2.24) is 0 Å². The number of methoxy groups -OCH3 is 1. The molecule has 5 nitrogen and oxygen atoms in total. The third-order valence-electron chi connectivity index (χ3n) is 2.38. The first-order chi connectivity index (χ1) is 8.69. The first kappa shape index (κ1) is 12.0. The minimum absolute atomic E-state index is 0.181. The Balaban J connectivity index is 1.96. The van der Waals surface area contributed by atoms with Crippen LogP contribution in [0.4, 0.5) is 5.69 Å². The molecule has 2 N–H and O–H groups in total. The van der Waals surface area contributed by atoms with Gasteiger partial charge in [-0.25, -0.2) is 4.79 Å². The van der Waals surface area contributed by atoms with Gasteiger partial charge in [0.25, 0.3) is 0 Å². The maximum Gasteiger partial charge on any atom is 0.373 e. The highest BCUT2D eigenvalue weighted by Crippen LogP contribution is 2.15. The molecule has 2 rings (SSSR count). The van der Waals surface area contributed by atoms with Gasteiger partial charge in [-0.2, -0.15) is 0 Å². The lowest BCUT2D eigenvalue weighted by Crippen LogP contribution is -2.00. The van der Waals surface area contributed by atoms with Gasteiger partial charge in [0.2, 0.25) is 5.76 Å². The highest BCUT2D eigenvalue weighted by atomic mass is 16.5. The van der Waals surface area contributed by atoms with Gasteiger partial charge in [-0.3, -0.25) is 0 Å². The zero-order chi connectivity index (χ0) is 13.0. The third kappa shape index (κ3) is 2.82. The molecule has 0 amide bonds. The molecule has 2 aromatic rings. The smallest absolute Gasteiger partial charge is 0.373 e. The van der Waals surface area contributed by atoms with Crippen LogP contribution >= 0.6 is 0 Å². The molecule has 0 spiro atoms. The monoisotopic (exact) mass is 247 g/mol. The fraction of sp³-hybridized carbons (Fsp3) is 0.154. The van der Waals surface area contributed by atoms with Crippen LogP contribution in [-0.2, 0) is 11.3 Å². The van der Waals surface area contributed by atoms with E-state index in [2.05, 4.69) is 10.1 Å². The zero-order valence-electron chi connectivity index (χ0n) is 9.84. The fourth-order valence-electron chi connectivity index (χ4n) is 1.45. The number of hydrogen-bond acceptors (Lipinski definition) is 5. The topological polar surface area (TPSA) is 71.7 Å². The molecule has 1 aromatic heterocycles. The van der Waals surface area contributed by atoms with Crippen molar-refractivity contribution in [3.63, 3.8) is 0 Å². The lowest BCUT2D eigenvalue weighted by Gasteiger charge is -2.04. The number of phenolic OH excluding ortho intramolecular Hbond substituents is 1. The van der Waals surface area contributed by atoms with Crippen LogP contribution in [0.25, 0.3) is 0 Å². The number of ether oxygens (including phenoxy) is 1. The molecule has 0 fully saturated rings. The molecule has 0 aliphatic heterocycles. The second kappa shape index (κ2) is 5.27. The molecular weight excluding hydrogens is 234 g/mol. The molecule has 0 aliphatic rings. The predicted octanol–water partition coefficient (Wildman–Crippen LogP) is 2.38. The van der Waals surface area contributed by atoms with Crippen LogP contribution < -0.4 is 5.32 Å². The highest BCUT2D eigenvalue weighted by Gasteiger charge is 2.10. The Morgan fingerprint density at radius 1 is 1.28 bits per heavy atom. The van der Waals surface area contributed by atoms with E-state index >= 15 is 0 Å². The van der Waals surface area contributed by atoms with Gasteiger partial charge in [-0.05, 0) is 36.4 Å². The van der Waals surface area contributed by atoms with Gasteiger partial charge in [-0.15, -0.1) is 0 Å². The van der Waals surface area contributed by atoms with Gasteiger partial charge in [0.05, 0.1) is 13.7 Å². The van der Waals surface area contributed by atoms with Crippen LogP contribution in [0.5, 0.6) is 5.75 Å². The molecule has 0 atom stereocenters. The Morgan fingerprint density at radius 2 is 2.00 bits per heavy atom. The number of furan rings is 1. The van der Waals surface area contributed by atoms with Crippen molar-refractivity contribution in [2.75, 3.05) is 12.4 Å². The van der Waals surface area contributed by atoms with E-state index in [4.69, 9.17) is 9.52 Å². The molecule has 0 saturated carbocycles. The lowest BCUT2D eigenvalue weighted by atomic mass is 10.3. The summed E-state index contributed by atoms with van der Waals surface area (Å²) in [7, 11) is 1.30. The Bertz CT molecular complexity index is 530. The minimum Gasteiger partial charge on any atom is -0.508 e. The van der Waals surface area contributed by atoms with Crippen LogP contribution in [-0.4, -0.2) is 18.2 Å². The second-order valence-electron chi connectivity index (χ2n) is 3.66. The number of benzene rings is 1. The summed E-state index contributed by atoms with van der Waals surface area (Å²) < 4.78 is 9.84. The SMILES string of the molecule is COC(=O)c1ccc(CNc2ccc(O)cc2)o1. The molecular formula is C13H13NO4. The van der Waals surface area contributed by atoms with E-state index in [1.54, 1.807) is 36.4 Å². The van der Waals surface area contributed by atoms with Gasteiger partial charge in [-0.1, -0.05) is 0 Å². The van der Waals surface area contributed by atoms with E-state index < -0.39 is 5.97 Å². The molecule has 94 valence electrons. The summed E-state index contributed by atoms with van der Waals surface area (Å²) in [6.45, 7) is 0.446. The number of carbonyl (C=O) groups excluding carboxylic acids is 1. The van der Waals surface area contributed by atoms with Crippen LogP contribution in [0.3, 0.4) is 0 Å². The zero-order valence-corrected chi connectivity index (χ0v) is 9.84. The summed E-state index contributed by atoms with van der Waals surface area (Å²) in [5.41, 5.74) is 0.851. The summed E-state index contributed by atoms with van der Waals surface area (Å²) in [5.74, 6) is 0.529. The average Bonchev–Trinajstić information content (AvgIpc) is 2.86. The molecule has 0 bridgehead atoms. The van der Waals surface area contributed by atoms with Crippen molar-refractivity contribution in [3.05, 3.63) is 47.9 Å². The Kier molecular flexibility index (Phi) is 3.52. The standard InChI is InChI=1S/C13H13NO4/c1-17-13(16)12-7-6-11(18-12)8-14-9-2-4-10(15)5-3-9/h2-7,14-15H,8H2,1H3. The molecule has 0 aliphatic carbocycles. The number of nitrogens with one attached hydrogen (secondary N) is 1. The van der Waals surface area contributed by atoms with Crippen molar-refractivity contribution < 1.29 is 19.1 Å². The summed E-state index contributed by atoms with van der Waals surface area (Å²) in [4.78, 5) is 11.2. The second-order valence-corrected chi connectivity index (χ2v) is 3.66. The van der Waals surface area contributed by atoms with E-state index in [9.17, 15) is 4.79 Å². The number of carbonyl (C=O) groups is 1. The summed E-state index contributed by atoms with van der Waals surface area (Å²) in [6.07, 6.45) is 0. The maximum absolute atomic E-state index is 11.2. The first-order valence-corrected chi connectivity index (χ1v) is 5.39. The van der Waals surface area contributed by atoms with Crippen molar-refractivity contribution in [3.8, 4) is 5.75 Å². The third-order valence-corrected chi connectivity index (χ3v) is 2.38. The maximum atomic E-state index is 11.2. The largest absolute Gasteiger partial charge is 0.508 e. The number of anilines is 1. The Hall–Kier alpha value is -2.43. The van der Waals surface area contributed by atoms with Crippen LogP contribution in [0.1, 0.15) is 16.3 Å². The van der Waals surface area contributed by atoms with Crippen molar-refractivity contribution in [2.45, 2.75) is 6.54 Å². The van der Waals surface area contributed by atoms with Gasteiger partial charge in [0, 0.05) is 5.69 Å². The molecule has 0 saturated heterocycles. The number of esters is 1. The van der Waals surface area contributed by atoms with Gasteiger partial charge < -0.3 is 19.6 Å². The van der Waals surface area contributed by atoms with Crippen LogP contribution in [0.15, 0.2) is 40.8 Å². The average molecular weight is 247 g/mol. The summed E-state index contributed by atoms with van der Waals surface area (Å²) >= 11 is 0. The van der Waals surface area contributed by atoms with Gasteiger partial charge in [0.1, 0.15) is 11.5 Å². The van der Waals surface area contributed by atoms with E-state index in [0.29, 0.717) is 12.3 Å². The van der Waals surface area contributed by atoms with Crippen LogP contribution in [0.2, 0.25) is 0 Å². The van der Waals surface area contributed by atoms with Crippen molar-refractivity contribution >= 4 is 11.7 Å². The first-order valence-electron chi connectivity index (χ1n) is 5.39. The molecule has 1 aromatic carbocycles. The molecule has 18 heavy (non-hydrogen) atoms. The van der Waals surface area contributed by atoms with E-state index in [1.165, 1.54) is 7.11 Å². The predicted molar refractivity (Wildman–Crippen MR) is 65.5 cm³/mol. The number of hydrogen-bond donors (Lipinski definition) is 2. The summed E-state index contributed by atoms with van der Waals surface area (Å²) in [5, 5.41) is 12.2. The fourth-order valence-corrected chi connectivity index (χ4v) is 1.45. The van der Waals surface area contributed by atoms with Crippen molar-refractivity contribution in [2.24, 2.45) is 0 Å². The quantitative estimate of drug-likeness (QED) is 0.641. The normalized spacial score (nSPS) is 10.1. The van der Waals surface area contributed by atoms with Gasteiger partial charge in [0.15, 0.2) is 0 Å². The summed E-state index contributed by atoms with van der Waals surface area (Å²) in [6, 6.07) is 9.95. The molecule has 5 heteroatoms. The molecule has 0 unspecified atom stereocenters. The number of rotatable bonds is 4. The van der Waals surface area contributed by atoms with Gasteiger partial charge >= 0.3 is 5.97 Å². The van der Waals surface area contributed by atoms with Crippen LogP contribution in [0, 0.1) is 0 Å². The van der Waals surface area contributed by atoms with E-state index in [1.807, 2.05) is 0 Å². The van der Waals surface area contributed by atoms with Crippen molar-refractivity contribution in [1.29, 1.82) is 0 Å². The molecule has 1 heterocycles. The Morgan fingerprint density at radius 3 is 2.67 bits per heavy atom. The molecule has 0 radical (unpaired) electrons. The minimum atomic E-state index is -0.495. The lowest BCUT2D eigenvalue weighted by molar-refractivity contribution is 0.0563. The van der Waals surface area contributed by atoms with E-state index in [-0.39, 0.29) is 11.5 Å². The van der Waals surface area contributed by atoms with E-state index in [0.717, 1.165) is 5.69 Å².